The first-order valence-corrected chi connectivity index (χ1v) is 9.87. The number of hydrogen-bond acceptors (Lipinski definition) is 3. The molecule has 2 rings (SSSR count). The van der Waals surface area contributed by atoms with E-state index >= 15 is 0 Å². The van der Waals surface area contributed by atoms with E-state index in [-0.39, 0.29) is 17.6 Å². The molecule has 0 spiro atoms. The van der Waals surface area contributed by atoms with Crippen LogP contribution in [0.2, 0.25) is 0 Å². The summed E-state index contributed by atoms with van der Waals surface area (Å²) in [6.07, 6.45) is 3.86. The first kappa shape index (κ1) is 21.2. The highest BCUT2D eigenvalue weighted by molar-refractivity contribution is 5.79. The standard InChI is InChI=1S/C20H32FN5O/c1-2-23-20(25-15-17-7-3-4-8-18(17)21)24-11-5-6-12-26-13-9-16(10-14-26)19(22)27/h3-4,7-8,16H,2,5-6,9-15H2,1H3,(H2,22,27)(H2,23,24,25). The third-order valence-corrected chi connectivity index (χ3v) is 4.89. The number of hydrogen-bond donors (Lipinski definition) is 3. The van der Waals surface area contributed by atoms with Crippen LogP contribution >= 0.6 is 0 Å². The molecule has 0 bridgehead atoms. The lowest BCUT2D eigenvalue weighted by atomic mass is 9.96. The van der Waals surface area contributed by atoms with Gasteiger partial charge in [-0.2, -0.15) is 0 Å². The van der Waals surface area contributed by atoms with Crippen molar-refractivity contribution in [2.75, 3.05) is 32.7 Å². The summed E-state index contributed by atoms with van der Waals surface area (Å²) >= 11 is 0. The monoisotopic (exact) mass is 377 g/mol. The van der Waals surface area contributed by atoms with E-state index in [9.17, 15) is 9.18 Å². The molecule has 7 heteroatoms. The zero-order chi connectivity index (χ0) is 19.5. The van der Waals surface area contributed by atoms with Crippen molar-refractivity contribution in [1.29, 1.82) is 0 Å². The molecule has 0 radical (unpaired) electrons. The topological polar surface area (TPSA) is 82.8 Å². The smallest absolute Gasteiger partial charge is 0.220 e. The number of carbonyl (C=O) groups is 1. The van der Waals surface area contributed by atoms with E-state index in [0.29, 0.717) is 18.1 Å². The van der Waals surface area contributed by atoms with Gasteiger partial charge in [-0.25, -0.2) is 9.38 Å². The van der Waals surface area contributed by atoms with Crippen LogP contribution in [0.1, 0.15) is 38.2 Å². The van der Waals surface area contributed by atoms with Crippen LogP contribution in [-0.2, 0) is 11.3 Å². The van der Waals surface area contributed by atoms with Crippen molar-refractivity contribution in [3.63, 3.8) is 0 Å². The molecule has 0 unspecified atom stereocenters. The Labute approximate surface area is 161 Å². The van der Waals surface area contributed by atoms with E-state index in [1.165, 1.54) is 6.07 Å². The maximum atomic E-state index is 13.7. The van der Waals surface area contributed by atoms with Crippen LogP contribution in [0.4, 0.5) is 4.39 Å². The van der Waals surface area contributed by atoms with Gasteiger partial charge in [-0.05, 0) is 58.3 Å². The molecule has 1 amide bonds. The quantitative estimate of drug-likeness (QED) is 0.348. The molecule has 0 atom stereocenters. The molecule has 1 aromatic rings. The molecular weight excluding hydrogens is 345 g/mol. The summed E-state index contributed by atoms with van der Waals surface area (Å²) in [7, 11) is 0. The predicted molar refractivity (Wildman–Crippen MR) is 107 cm³/mol. The van der Waals surface area contributed by atoms with Crippen LogP contribution in [0, 0.1) is 11.7 Å². The largest absolute Gasteiger partial charge is 0.369 e. The van der Waals surface area contributed by atoms with Crippen LogP contribution in [-0.4, -0.2) is 49.5 Å². The Kier molecular flexibility index (Phi) is 9.04. The molecular formula is C20H32FN5O. The Morgan fingerprint density at radius 2 is 2.00 bits per heavy atom. The Balaban J connectivity index is 1.65. The number of primary amides is 1. The molecule has 1 aliphatic rings. The summed E-state index contributed by atoms with van der Waals surface area (Å²) in [6.45, 7) is 6.85. The van der Waals surface area contributed by atoms with Gasteiger partial charge in [-0.15, -0.1) is 0 Å². The van der Waals surface area contributed by atoms with Crippen molar-refractivity contribution in [1.82, 2.24) is 15.5 Å². The summed E-state index contributed by atoms with van der Waals surface area (Å²) in [5.41, 5.74) is 5.96. The Bertz CT molecular complexity index is 614. The third kappa shape index (κ3) is 7.54. The van der Waals surface area contributed by atoms with Gasteiger partial charge < -0.3 is 21.3 Å². The summed E-state index contributed by atoms with van der Waals surface area (Å²) in [5, 5.41) is 6.50. The number of piperidine rings is 1. The second-order valence-corrected chi connectivity index (χ2v) is 6.94. The molecule has 4 N–H and O–H groups in total. The lowest BCUT2D eigenvalue weighted by Crippen LogP contribution is -2.39. The van der Waals surface area contributed by atoms with Gasteiger partial charge in [0.2, 0.25) is 5.91 Å². The maximum Gasteiger partial charge on any atom is 0.220 e. The summed E-state index contributed by atoms with van der Waals surface area (Å²) in [5.74, 6) is 0.376. The van der Waals surface area contributed by atoms with Crippen LogP contribution in [0.5, 0.6) is 0 Å². The highest BCUT2D eigenvalue weighted by Crippen LogP contribution is 2.16. The molecule has 1 fully saturated rings. The van der Waals surface area contributed by atoms with Gasteiger partial charge in [0.25, 0.3) is 0 Å². The van der Waals surface area contributed by atoms with Crippen molar-refractivity contribution in [3.8, 4) is 0 Å². The predicted octanol–water partition coefficient (Wildman–Crippen LogP) is 1.86. The Morgan fingerprint density at radius 3 is 2.67 bits per heavy atom. The molecule has 0 aromatic heterocycles. The minimum atomic E-state index is -0.225. The second kappa shape index (κ2) is 11.5. The average molecular weight is 378 g/mol. The van der Waals surface area contributed by atoms with Gasteiger partial charge in [-0.3, -0.25) is 4.79 Å². The first-order chi connectivity index (χ1) is 13.1. The summed E-state index contributed by atoms with van der Waals surface area (Å²) < 4.78 is 13.7. The van der Waals surface area contributed by atoms with Gasteiger partial charge >= 0.3 is 0 Å². The number of nitrogens with one attached hydrogen (secondary N) is 2. The highest BCUT2D eigenvalue weighted by Gasteiger charge is 2.22. The van der Waals surface area contributed by atoms with E-state index in [0.717, 1.165) is 58.4 Å². The van der Waals surface area contributed by atoms with Gasteiger partial charge in [0.1, 0.15) is 5.82 Å². The number of aliphatic imine (C=N–C) groups is 1. The number of carbonyl (C=O) groups excluding carboxylic acids is 1. The van der Waals surface area contributed by atoms with Crippen molar-refractivity contribution in [2.24, 2.45) is 16.6 Å². The molecule has 1 aliphatic heterocycles. The fourth-order valence-corrected chi connectivity index (χ4v) is 3.24. The van der Waals surface area contributed by atoms with Crippen molar-refractivity contribution in [3.05, 3.63) is 35.6 Å². The SMILES string of the molecule is CCNC(=NCc1ccccc1F)NCCCCN1CCC(C(N)=O)CC1. The zero-order valence-corrected chi connectivity index (χ0v) is 16.2. The van der Waals surface area contributed by atoms with E-state index < -0.39 is 0 Å². The van der Waals surface area contributed by atoms with Crippen LogP contribution in [0.3, 0.4) is 0 Å². The van der Waals surface area contributed by atoms with E-state index in [1.54, 1.807) is 12.1 Å². The normalized spacial score (nSPS) is 16.3. The van der Waals surface area contributed by atoms with Crippen LogP contribution in [0.15, 0.2) is 29.3 Å². The second-order valence-electron chi connectivity index (χ2n) is 6.94. The fraction of sp³-hybridized carbons (Fsp3) is 0.600. The average Bonchev–Trinajstić information content (AvgIpc) is 2.67. The zero-order valence-electron chi connectivity index (χ0n) is 16.2. The van der Waals surface area contributed by atoms with Crippen LogP contribution in [0.25, 0.3) is 0 Å². The van der Waals surface area contributed by atoms with Crippen LogP contribution < -0.4 is 16.4 Å². The molecule has 1 aromatic carbocycles. The summed E-state index contributed by atoms with van der Waals surface area (Å²) in [4.78, 5) is 18.1. The molecule has 0 aliphatic carbocycles. The van der Waals surface area contributed by atoms with Crippen molar-refractivity contribution in [2.45, 2.75) is 39.2 Å². The molecule has 1 saturated heterocycles. The number of benzene rings is 1. The fourth-order valence-electron chi connectivity index (χ4n) is 3.24. The number of likely N-dealkylation sites (tertiary alicyclic amines) is 1. The van der Waals surface area contributed by atoms with Crippen molar-refractivity contribution < 1.29 is 9.18 Å². The molecule has 27 heavy (non-hydrogen) atoms. The number of amides is 1. The number of halogens is 1. The number of nitrogens with two attached hydrogens (primary N) is 1. The Hall–Kier alpha value is -2.15. The molecule has 1 heterocycles. The van der Waals surface area contributed by atoms with E-state index in [1.807, 2.05) is 13.0 Å². The number of guanidine groups is 1. The van der Waals surface area contributed by atoms with E-state index in [2.05, 4.69) is 20.5 Å². The number of rotatable bonds is 9. The molecule has 0 saturated carbocycles. The van der Waals surface area contributed by atoms with Gasteiger partial charge in [0, 0.05) is 24.6 Å². The van der Waals surface area contributed by atoms with Gasteiger partial charge in [0.05, 0.1) is 6.54 Å². The lowest BCUT2D eigenvalue weighted by molar-refractivity contribution is -0.123. The van der Waals surface area contributed by atoms with E-state index in [4.69, 9.17) is 5.73 Å². The Morgan fingerprint density at radius 1 is 1.26 bits per heavy atom. The number of unbranched alkanes of at least 4 members (excludes halogenated alkanes) is 1. The first-order valence-electron chi connectivity index (χ1n) is 9.87. The van der Waals surface area contributed by atoms with Crippen molar-refractivity contribution >= 4 is 11.9 Å². The lowest BCUT2D eigenvalue weighted by Gasteiger charge is -2.30. The third-order valence-electron chi connectivity index (χ3n) is 4.89. The maximum absolute atomic E-state index is 13.7. The minimum absolute atomic E-state index is 0.0521. The number of nitrogens with zero attached hydrogens (tertiary/aromatic N) is 2. The summed E-state index contributed by atoms with van der Waals surface area (Å²) in [6, 6.07) is 6.71. The van der Waals surface area contributed by atoms with Gasteiger partial charge in [0.15, 0.2) is 5.96 Å². The molecule has 6 nitrogen and oxygen atoms in total. The molecule has 150 valence electrons. The minimum Gasteiger partial charge on any atom is -0.369 e. The highest BCUT2D eigenvalue weighted by atomic mass is 19.1. The van der Waals surface area contributed by atoms with Gasteiger partial charge in [-0.1, -0.05) is 18.2 Å².